The number of hydrogen-bond donors (Lipinski definition) is 2. The first-order valence-electron chi connectivity index (χ1n) is 6.44. The number of halogens is 1. The molecule has 0 saturated heterocycles. The molecule has 1 aromatic carbocycles. The molecule has 1 aliphatic carbocycles. The Hall–Kier alpha value is -1.77. The maximum Gasteiger partial charge on any atom is 0.134 e. The maximum atomic E-state index is 14.1. The molecule has 2 atom stereocenters. The van der Waals surface area contributed by atoms with Crippen LogP contribution < -0.4 is 0 Å². The molecule has 102 valence electrons. The molecule has 0 spiro atoms. The molecule has 0 saturated carbocycles. The molecule has 0 radical (unpaired) electrons. The Bertz CT molecular complexity index is 523. The van der Waals surface area contributed by atoms with Gasteiger partial charge >= 0.3 is 0 Å². The number of hydrogen-bond acceptors (Lipinski definition) is 2. The van der Waals surface area contributed by atoms with Gasteiger partial charge in [0.25, 0.3) is 0 Å². The third kappa shape index (κ3) is 2.65. The Labute approximate surface area is 112 Å². The number of allylic oxidation sites excluding steroid dienone is 3. The highest BCUT2D eigenvalue weighted by Crippen LogP contribution is 2.44. The summed E-state index contributed by atoms with van der Waals surface area (Å²) < 4.78 is 14.1. The predicted molar refractivity (Wildman–Crippen MR) is 73.8 cm³/mol. The predicted octanol–water partition coefficient (Wildman–Crippen LogP) is 4.25. The third-order valence-corrected chi connectivity index (χ3v) is 3.81. The summed E-state index contributed by atoms with van der Waals surface area (Å²) in [5.74, 6) is -1.12. The van der Waals surface area contributed by atoms with Crippen molar-refractivity contribution in [2.45, 2.75) is 32.6 Å². The summed E-state index contributed by atoms with van der Waals surface area (Å²) in [7, 11) is 0. The highest BCUT2D eigenvalue weighted by Gasteiger charge is 2.30. The summed E-state index contributed by atoms with van der Waals surface area (Å²) in [4.78, 5) is 0. The molecule has 2 rings (SSSR count). The molecule has 1 aliphatic rings. The number of aromatic hydroxyl groups is 2. The van der Waals surface area contributed by atoms with E-state index >= 15 is 0 Å². The largest absolute Gasteiger partial charge is 0.508 e. The van der Waals surface area contributed by atoms with E-state index in [1.54, 1.807) is 0 Å². The van der Waals surface area contributed by atoms with Gasteiger partial charge in [-0.3, -0.25) is 0 Å². The van der Waals surface area contributed by atoms with Gasteiger partial charge in [-0.05, 0) is 32.6 Å². The van der Waals surface area contributed by atoms with Crippen molar-refractivity contribution in [2.75, 3.05) is 0 Å². The first kappa shape index (κ1) is 13.7. The Morgan fingerprint density at radius 2 is 2.05 bits per heavy atom. The quantitative estimate of drug-likeness (QED) is 0.782. The van der Waals surface area contributed by atoms with Gasteiger partial charge in [0, 0.05) is 23.6 Å². The summed E-state index contributed by atoms with van der Waals surface area (Å²) in [6.07, 6.45) is 3.87. The molecule has 3 heteroatoms. The zero-order valence-electron chi connectivity index (χ0n) is 11.3. The van der Waals surface area contributed by atoms with Crippen molar-refractivity contribution < 1.29 is 14.6 Å². The normalized spacial score (nSPS) is 23.0. The molecule has 0 aromatic heterocycles. The van der Waals surface area contributed by atoms with E-state index < -0.39 is 5.82 Å². The zero-order valence-corrected chi connectivity index (χ0v) is 11.3. The SMILES string of the molecule is C=C(C)C1CCC(C)=CC1c1c(O)cc(O)cc1F. The van der Waals surface area contributed by atoms with Gasteiger partial charge in [0.2, 0.25) is 0 Å². The zero-order chi connectivity index (χ0) is 14.2. The van der Waals surface area contributed by atoms with Crippen LogP contribution in [0.15, 0.2) is 35.9 Å². The summed E-state index contributed by atoms with van der Waals surface area (Å²) in [6.45, 7) is 7.92. The van der Waals surface area contributed by atoms with E-state index in [1.807, 2.05) is 19.9 Å². The van der Waals surface area contributed by atoms with Crippen LogP contribution >= 0.6 is 0 Å². The number of benzene rings is 1. The monoisotopic (exact) mass is 262 g/mol. The molecule has 1 aromatic rings. The minimum absolute atomic E-state index is 0.119. The fourth-order valence-corrected chi connectivity index (χ4v) is 2.83. The van der Waals surface area contributed by atoms with Gasteiger partial charge in [0.1, 0.15) is 17.3 Å². The highest BCUT2D eigenvalue weighted by molar-refractivity contribution is 5.45. The molecule has 0 fully saturated rings. The van der Waals surface area contributed by atoms with Crippen molar-refractivity contribution in [3.63, 3.8) is 0 Å². The minimum atomic E-state index is -0.570. The van der Waals surface area contributed by atoms with E-state index in [1.165, 1.54) is 11.6 Å². The lowest BCUT2D eigenvalue weighted by Gasteiger charge is -2.31. The summed E-state index contributed by atoms with van der Waals surface area (Å²) in [6, 6.07) is 2.23. The van der Waals surface area contributed by atoms with Crippen LogP contribution in [0.5, 0.6) is 11.5 Å². The summed E-state index contributed by atoms with van der Waals surface area (Å²) in [5, 5.41) is 19.3. The average Bonchev–Trinajstić information content (AvgIpc) is 2.27. The first-order valence-corrected chi connectivity index (χ1v) is 6.44. The summed E-state index contributed by atoms with van der Waals surface area (Å²) >= 11 is 0. The molecule has 2 N–H and O–H groups in total. The lowest BCUT2D eigenvalue weighted by molar-refractivity contribution is 0.409. The van der Waals surface area contributed by atoms with E-state index in [0.29, 0.717) is 0 Å². The standard InChI is InChI=1S/C16H19FO2/c1-9(2)12-5-4-10(3)6-13(12)16-14(17)7-11(18)8-15(16)19/h6-8,12-13,18-19H,1,4-5H2,2-3H3. The van der Waals surface area contributed by atoms with Crippen molar-refractivity contribution in [1.82, 2.24) is 0 Å². The summed E-state index contributed by atoms with van der Waals surface area (Å²) in [5.41, 5.74) is 2.43. The molecule has 19 heavy (non-hydrogen) atoms. The fourth-order valence-electron chi connectivity index (χ4n) is 2.83. The molecule has 0 amide bonds. The molecule has 2 unspecified atom stereocenters. The van der Waals surface area contributed by atoms with E-state index in [9.17, 15) is 14.6 Å². The van der Waals surface area contributed by atoms with Crippen LogP contribution in [0.3, 0.4) is 0 Å². The van der Waals surface area contributed by atoms with Crippen molar-refractivity contribution in [2.24, 2.45) is 5.92 Å². The molecule has 0 aliphatic heterocycles. The van der Waals surface area contributed by atoms with Gasteiger partial charge in [-0.25, -0.2) is 4.39 Å². The van der Waals surface area contributed by atoms with Crippen LogP contribution in [0.25, 0.3) is 0 Å². The first-order chi connectivity index (χ1) is 8.90. The Balaban J connectivity index is 2.54. The van der Waals surface area contributed by atoms with Crippen LogP contribution in [0.1, 0.15) is 38.2 Å². The number of phenolic OH excluding ortho intramolecular Hbond substituents is 2. The van der Waals surface area contributed by atoms with Crippen molar-refractivity contribution in [3.8, 4) is 11.5 Å². The third-order valence-electron chi connectivity index (χ3n) is 3.81. The van der Waals surface area contributed by atoms with Crippen LogP contribution in [0.4, 0.5) is 4.39 Å². The second kappa shape index (κ2) is 5.08. The van der Waals surface area contributed by atoms with E-state index in [-0.39, 0.29) is 28.9 Å². The van der Waals surface area contributed by atoms with E-state index in [0.717, 1.165) is 24.5 Å². The minimum Gasteiger partial charge on any atom is -0.508 e. The lowest BCUT2D eigenvalue weighted by Crippen LogP contribution is -2.18. The second-order valence-corrected chi connectivity index (χ2v) is 5.39. The van der Waals surface area contributed by atoms with Gasteiger partial charge in [0.05, 0.1) is 0 Å². The molecule has 0 bridgehead atoms. The molecular weight excluding hydrogens is 243 g/mol. The molecule has 2 nitrogen and oxygen atoms in total. The highest BCUT2D eigenvalue weighted by atomic mass is 19.1. The smallest absolute Gasteiger partial charge is 0.134 e. The molecule has 0 heterocycles. The van der Waals surface area contributed by atoms with Crippen molar-refractivity contribution >= 4 is 0 Å². The van der Waals surface area contributed by atoms with Crippen LogP contribution in [-0.4, -0.2) is 10.2 Å². The van der Waals surface area contributed by atoms with Crippen LogP contribution in [0.2, 0.25) is 0 Å². The van der Waals surface area contributed by atoms with Gasteiger partial charge < -0.3 is 10.2 Å². The van der Waals surface area contributed by atoms with Crippen molar-refractivity contribution in [1.29, 1.82) is 0 Å². The second-order valence-electron chi connectivity index (χ2n) is 5.39. The van der Waals surface area contributed by atoms with Gasteiger partial charge in [-0.2, -0.15) is 0 Å². The van der Waals surface area contributed by atoms with Gasteiger partial charge in [0.15, 0.2) is 0 Å². The molecular formula is C16H19FO2. The average molecular weight is 262 g/mol. The van der Waals surface area contributed by atoms with Crippen LogP contribution in [0, 0.1) is 11.7 Å². The van der Waals surface area contributed by atoms with E-state index in [4.69, 9.17) is 0 Å². The maximum absolute atomic E-state index is 14.1. The lowest BCUT2D eigenvalue weighted by atomic mass is 9.74. The van der Waals surface area contributed by atoms with Crippen molar-refractivity contribution in [3.05, 3.63) is 47.3 Å². The number of rotatable bonds is 2. The van der Waals surface area contributed by atoms with Crippen LogP contribution in [-0.2, 0) is 0 Å². The number of phenols is 2. The topological polar surface area (TPSA) is 40.5 Å². The fraction of sp³-hybridized carbons (Fsp3) is 0.375. The van der Waals surface area contributed by atoms with Gasteiger partial charge in [-0.1, -0.05) is 23.8 Å². The Morgan fingerprint density at radius 1 is 1.37 bits per heavy atom. The Kier molecular flexibility index (Phi) is 3.65. The van der Waals surface area contributed by atoms with Gasteiger partial charge in [-0.15, -0.1) is 0 Å². The van der Waals surface area contributed by atoms with E-state index in [2.05, 4.69) is 6.58 Å². The Morgan fingerprint density at radius 3 is 2.63 bits per heavy atom.